The number of hydrogen-bond acceptors (Lipinski definition) is 4. The Morgan fingerprint density at radius 3 is 2.22 bits per heavy atom. The van der Waals surface area contributed by atoms with Gasteiger partial charge in [-0.05, 0) is 47.9 Å². The standard InChI is InChI=1S/C21H22N4O2/c1-13-20(27)19(12-26)17(10-24-13)11-25-18-8-6-15(7-9-18)14-2-4-16(5-3-14)21(22)23/h2-10,25-27H,11-12H2,1H3,(H3,22,23)/p+1. The van der Waals surface area contributed by atoms with E-state index in [2.05, 4.69) is 10.3 Å². The number of pyridine rings is 1. The van der Waals surface area contributed by atoms with E-state index in [1.807, 2.05) is 48.5 Å². The second kappa shape index (κ2) is 7.88. The maximum Gasteiger partial charge on any atom is 0.270 e. The van der Waals surface area contributed by atoms with E-state index < -0.39 is 0 Å². The molecule has 2 aromatic carbocycles. The number of benzene rings is 2. The van der Waals surface area contributed by atoms with Gasteiger partial charge in [-0.25, -0.2) is 0 Å². The van der Waals surface area contributed by atoms with Gasteiger partial charge in [0.1, 0.15) is 5.75 Å². The van der Waals surface area contributed by atoms with Crippen molar-refractivity contribution in [3.8, 4) is 16.9 Å². The van der Waals surface area contributed by atoms with E-state index in [1.165, 1.54) is 0 Å². The lowest BCUT2D eigenvalue weighted by atomic mass is 10.0. The van der Waals surface area contributed by atoms with Crippen molar-refractivity contribution in [3.05, 3.63) is 77.1 Å². The van der Waals surface area contributed by atoms with Crippen molar-refractivity contribution in [1.29, 1.82) is 0 Å². The number of aromatic nitrogens is 1. The first-order valence-electron chi connectivity index (χ1n) is 8.59. The smallest absolute Gasteiger partial charge is 0.270 e. The highest BCUT2D eigenvalue weighted by atomic mass is 16.3. The Morgan fingerprint density at radius 1 is 1.07 bits per heavy atom. The first kappa shape index (κ1) is 18.4. The summed E-state index contributed by atoms with van der Waals surface area (Å²) >= 11 is 0. The zero-order chi connectivity index (χ0) is 19.4. The minimum Gasteiger partial charge on any atom is -0.506 e. The summed E-state index contributed by atoms with van der Waals surface area (Å²) in [6.07, 6.45) is 1.67. The van der Waals surface area contributed by atoms with Crippen LogP contribution in [0.1, 0.15) is 22.4 Å². The van der Waals surface area contributed by atoms with Gasteiger partial charge in [0.05, 0.1) is 17.9 Å². The summed E-state index contributed by atoms with van der Waals surface area (Å²) in [5, 5.41) is 28.4. The zero-order valence-electron chi connectivity index (χ0n) is 15.1. The number of aliphatic hydroxyl groups is 1. The fourth-order valence-electron chi connectivity index (χ4n) is 2.85. The van der Waals surface area contributed by atoms with E-state index in [0.717, 1.165) is 27.9 Å². The van der Waals surface area contributed by atoms with Crippen LogP contribution in [0.4, 0.5) is 5.69 Å². The fourth-order valence-corrected chi connectivity index (χ4v) is 2.85. The number of nitrogens with two attached hydrogens (primary N) is 2. The molecule has 3 rings (SSSR count). The molecule has 0 aliphatic heterocycles. The average Bonchev–Trinajstić information content (AvgIpc) is 2.69. The van der Waals surface area contributed by atoms with E-state index >= 15 is 0 Å². The Bertz CT molecular complexity index is 951. The highest BCUT2D eigenvalue weighted by molar-refractivity contribution is 5.93. The number of anilines is 1. The van der Waals surface area contributed by atoms with E-state index in [0.29, 0.717) is 23.6 Å². The molecule has 27 heavy (non-hydrogen) atoms. The lowest BCUT2D eigenvalue weighted by Gasteiger charge is -2.13. The Morgan fingerprint density at radius 2 is 1.67 bits per heavy atom. The molecule has 0 saturated carbocycles. The van der Waals surface area contributed by atoms with Crippen molar-refractivity contribution in [2.45, 2.75) is 20.1 Å². The molecular weight excluding hydrogens is 340 g/mol. The van der Waals surface area contributed by atoms with Crippen LogP contribution in [0.3, 0.4) is 0 Å². The molecule has 1 heterocycles. The number of aromatic hydroxyl groups is 1. The van der Waals surface area contributed by atoms with Crippen molar-refractivity contribution in [1.82, 2.24) is 4.98 Å². The number of aliphatic hydroxyl groups excluding tert-OH is 1. The molecule has 0 bridgehead atoms. The molecule has 0 radical (unpaired) electrons. The second-order valence-electron chi connectivity index (χ2n) is 6.32. The molecule has 0 unspecified atom stereocenters. The average molecular weight is 363 g/mol. The molecule has 0 aliphatic carbocycles. The summed E-state index contributed by atoms with van der Waals surface area (Å²) < 4.78 is 0. The summed E-state index contributed by atoms with van der Waals surface area (Å²) in [6.45, 7) is 1.93. The molecule has 7 N–H and O–H groups in total. The topological polar surface area (TPSA) is 117 Å². The molecule has 0 amide bonds. The Hall–Kier alpha value is -3.38. The van der Waals surface area contributed by atoms with Crippen molar-refractivity contribution < 1.29 is 15.6 Å². The largest absolute Gasteiger partial charge is 0.506 e. The van der Waals surface area contributed by atoms with Crippen molar-refractivity contribution in [2.24, 2.45) is 5.73 Å². The number of aryl methyl sites for hydroxylation is 1. The van der Waals surface area contributed by atoms with Crippen molar-refractivity contribution >= 4 is 11.5 Å². The van der Waals surface area contributed by atoms with Gasteiger partial charge in [0, 0.05) is 24.0 Å². The van der Waals surface area contributed by atoms with Crippen LogP contribution in [-0.2, 0) is 13.2 Å². The SMILES string of the molecule is Cc1ncc(CNc2ccc(-c3ccc(C(N)=[NH2+])cc3)cc2)c(CO)c1O. The fraction of sp³-hybridized carbons (Fsp3) is 0.143. The molecule has 0 spiro atoms. The van der Waals surface area contributed by atoms with Crippen LogP contribution in [0.25, 0.3) is 11.1 Å². The van der Waals surface area contributed by atoms with Gasteiger partial charge >= 0.3 is 0 Å². The Labute approximate surface area is 157 Å². The highest BCUT2D eigenvalue weighted by Crippen LogP contribution is 2.25. The maximum absolute atomic E-state index is 10.0. The summed E-state index contributed by atoms with van der Waals surface area (Å²) in [4.78, 5) is 4.15. The van der Waals surface area contributed by atoms with Crippen LogP contribution in [0, 0.1) is 6.92 Å². The highest BCUT2D eigenvalue weighted by Gasteiger charge is 2.10. The minimum atomic E-state index is -0.230. The summed E-state index contributed by atoms with van der Waals surface area (Å²) in [6, 6.07) is 15.7. The molecular formula is C21H23N4O2+. The summed E-state index contributed by atoms with van der Waals surface area (Å²) in [5.41, 5.74) is 11.3. The predicted octanol–water partition coefficient (Wildman–Crippen LogP) is 1.33. The molecule has 0 aliphatic rings. The van der Waals surface area contributed by atoms with Gasteiger partial charge in [-0.3, -0.25) is 16.1 Å². The normalized spacial score (nSPS) is 10.6. The van der Waals surface area contributed by atoms with Gasteiger partial charge in [0.15, 0.2) is 0 Å². The molecule has 3 aromatic rings. The number of hydrogen-bond donors (Lipinski definition) is 5. The van der Waals surface area contributed by atoms with Crippen LogP contribution in [-0.4, -0.2) is 21.0 Å². The van der Waals surface area contributed by atoms with Crippen molar-refractivity contribution in [2.75, 3.05) is 5.32 Å². The van der Waals surface area contributed by atoms with Gasteiger partial charge in [-0.1, -0.05) is 24.3 Å². The van der Waals surface area contributed by atoms with E-state index in [-0.39, 0.29) is 12.4 Å². The molecule has 6 heteroatoms. The molecule has 6 nitrogen and oxygen atoms in total. The summed E-state index contributed by atoms with van der Waals surface area (Å²) in [7, 11) is 0. The van der Waals surface area contributed by atoms with Crippen LogP contribution in [0.2, 0.25) is 0 Å². The van der Waals surface area contributed by atoms with Gasteiger partial charge < -0.3 is 15.5 Å². The van der Waals surface area contributed by atoms with Crippen molar-refractivity contribution in [3.63, 3.8) is 0 Å². The summed E-state index contributed by atoms with van der Waals surface area (Å²) in [5.74, 6) is 0.353. The third-order valence-corrected chi connectivity index (χ3v) is 4.51. The number of nitrogens with one attached hydrogen (secondary N) is 1. The number of nitrogens with zero attached hydrogens (tertiary/aromatic N) is 1. The van der Waals surface area contributed by atoms with E-state index in [4.69, 9.17) is 11.1 Å². The Kier molecular flexibility index (Phi) is 5.38. The quantitative estimate of drug-likeness (QED) is 0.335. The molecule has 1 aromatic heterocycles. The number of amidine groups is 1. The van der Waals surface area contributed by atoms with E-state index in [1.54, 1.807) is 13.1 Å². The van der Waals surface area contributed by atoms with Gasteiger partial charge in [-0.2, -0.15) is 0 Å². The van der Waals surface area contributed by atoms with Crippen LogP contribution in [0.15, 0.2) is 54.7 Å². The molecule has 0 saturated heterocycles. The second-order valence-corrected chi connectivity index (χ2v) is 6.32. The maximum atomic E-state index is 10.0. The lowest BCUT2D eigenvalue weighted by molar-refractivity contribution is -0.114. The predicted molar refractivity (Wildman–Crippen MR) is 106 cm³/mol. The molecule has 138 valence electrons. The van der Waals surface area contributed by atoms with Gasteiger partial charge in [0.2, 0.25) is 0 Å². The Balaban J connectivity index is 1.71. The first-order valence-corrected chi connectivity index (χ1v) is 8.59. The molecule has 0 atom stereocenters. The lowest BCUT2D eigenvalue weighted by Crippen LogP contribution is -2.46. The number of rotatable bonds is 6. The zero-order valence-corrected chi connectivity index (χ0v) is 15.1. The van der Waals surface area contributed by atoms with Crippen LogP contribution in [0.5, 0.6) is 5.75 Å². The van der Waals surface area contributed by atoms with E-state index in [9.17, 15) is 10.2 Å². The van der Waals surface area contributed by atoms with Gasteiger partial charge in [0.25, 0.3) is 5.84 Å². The third-order valence-electron chi connectivity index (χ3n) is 4.51. The third kappa shape index (κ3) is 4.07. The molecule has 0 fully saturated rings. The monoisotopic (exact) mass is 363 g/mol. The van der Waals surface area contributed by atoms with Crippen LogP contribution < -0.4 is 16.5 Å². The minimum absolute atomic E-state index is 0.0472. The van der Waals surface area contributed by atoms with Crippen LogP contribution >= 0.6 is 0 Å². The van der Waals surface area contributed by atoms with Gasteiger partial charge in [-0.15, -0.1) is 0 Å². The first-order chi connectivity index (χ1) is 13.0.